The Morgan fingerprint density at radius 3 is 2.67 bits per heavy atom. The molecule has 1 aliphatic heterocycles. The van der Waals surface area contributed by atoms with Crippen molar-refractivity contribution >= 4 is 5.91 Å². The number of benzene rings is 1. The first-order valence-corrected chi connectivity index (χ1v) is 7.81. The summed E-state index contributed by atoms with van der Waals surface area (Å²) in [5.41, 5.74) is 1.16. The summed E-state index contributed by atoms with van der Waals surface area (Å²) in [5, 5.41) is 13.5. The lowest BCUT2D eigenvalue weighted by Gasteiger charge is -2.33. The second kappa shape index (κ2) is 6.94. The molecule has 21 heavy (non-hydrogen) atoms. The molecule has 2 rings (SSSR count). The number of aromatic hydroxyl groups is 1. The van der Waals surface area contributed by atoms with Gasteiger partial charge in [0.2, 0.25) is 0 Å². The van der Waals surface area contributed by atoms with Crippen LogP contribution < -0.4 is 5.32 Å². The van der Waals surface area contributed by atoms with Crippen molar-refractivity contribution in [3.8, 4) is 5.75 Å². The van der Waals surface area contributed by atoms with Crippen LogP contribution in [0, 0.1) is 12.8 Å². The van der Waals surface area contributed by atoms with Crippen molar-refractivity contribution in [2.24, 2.45) is 5.92 Å². The molecule has 0 aliphatic carbocycles. The highest BCUT2D eigenvalue weighted by Crippen LogP contribution is 2.25. The summed E-state index contributed by atoms with van der Waals surface area (Å²) in [4.78, 5) is 14.7. The summed E-state index contributed by atoms with van der Waals surface area (Å²) in [6, 6.07) is 5.49. The number of hydrogen-bond acceptors (Lipinski definition) is 3. The van der Waals surface area contributed by atoms with E-state index in [2.05, 4.69) is 5.32 Å². The van der Waals surface area contributed by atoms with E-state index in [-0.39, 0.29) is 17.7 Å². The minimum atomic E-state index is -0.0651. The first-order valence-electron chi connectivity index (χ1n) is 7.81. The van der Waals surface area contributed by atoms with Crippen molar-refractivity contribution in [1.82, 2.24) is 10.2 Å². The summed E-state index contributed by atoms with van der Waals surface area (Å²) in [6.07, 6.45) is 2.21. The number of amides is 1. The Morgan fingerprint density at radius 1 is 1.38 bits per heavy atom. The molecule has 1 aromatic rings. The van der Waals surface area contributed by atoms with E-state index in [9.17, 15) is 9.90 Å². The molecule has 0 aromatic heterocycles. The molecular weight excluding hydrogens is 264 g/mol. The molecule has 4 nitrogen and oxygen atoms in total. The lowest BCUT2D eigenvalue weighted by Crippen LogP contribution is -2.43. The number of nitrogens with one attached hydrogen (secondary N) is 1. The summed E-state index contributed by atoms with van der Waals surface area (Å²) in [5.74, 6) is 0.591. The molecule has 1 fully saturated rings. The van der Waals surface area contributed by atoms with Crippen molar-refractivity contribution < 1.29 is 9.90 Å². The van der Waals surface area contributed by atoms with Gasteiger partial charge in [-0.3, -0.25) is 4.79 Å². The van der Waals surface area contributed by atoms with Gasteiger partial charge in [-0.25, -0.2) is 0 Å². The highest BCUT2D eigenvalue weighted by atomic mass is 16.3. The molecular formula is C17H26N2O2. The summed E-state index contributed by atoms with van der Waals surface area (Å²) >= 11 is 0. The van der Waals surface area contributed by atoms with Gasteiger partial charge in [-0.15, -0.1) is 0 Å². The molecule has 0 atom stereocenters. The fraction of sp³-hybridized carbons (Fsp3) is 0.588. The maximum absolute atomic E-state index is 12.8. The van der Waals surface area contributed by atoms with Crippen LogP contribution in [0.2, 0.25) is 0 Å². The third-order valence-electron chi connectivity index (χ3n) is 4.27. The molecule has 1 heterocycles. The first kappa shape index (κ1) is 15.8. The van der Waals surface area contributed by atoms with E-state index in [0.717, 1.165) is 38.0 Å². The molecule has 0 bridgehead atoms. The van der Waals surface area contributed by atoms with Crippen LogP contribution in [0.15, 0.2) is 18.2 Å². The van der Waals surface area contributed by atoms with Crippen LogP contribution in [-0.4, -0.2) is 41.6 Å². The molecule has 4 heteroatoms. The molecule has 0 unspecified atom stereocenters. The van der Waals surface area contributed by atoms with Crippen molar-refractivity contribution in [3.05, 3.63) is 29.3 Å². The number of piperidine rings is 1. The third-order valence-corrected chi connectivity index (χ3v) is 4.27. The van der Waals surface area contributed by atoms with E-state index < -0.39 is 0 Å². The zero-order valence-electron chi connectivity index (χ0n) is 13.2. The molecule has 0 spiro atoms. The Kier molecular flexibility index (Phi) is 5.23. The number of aryl methyl sites for hydroxylation is 1. The van der Waals surface area contributed by atoms with E-state index in [0.29, 0.717) is 11.5 Å². The van der Waals surface area contributed by atoms with Gasteiger partial charge < -0.3 is 15.3 Å². The molecule has 1 saturated heterocycles. The van der Waals surface area contributed by atoms with E-state index >= 15 is 0 Å². The van der Waals surface area contributed by atoms with E-state index in [1.165, 1.54) is 0 Å². The van der Waals surface area contributed by atoms with Crippen LogP contribution >= 0.6 is 0 Å². The van der Waals surface area contributed by atoms with E-state index in [4.69, 9.17) is 0 Å². The zero-order chi connectivity index (χ0) is 15.4. The molecule has 2 N–H and O–H groups in total. The predicted molar refractivity (Wildman–Crippen MR) is 84.6 cm³/mol. The number of phenolic OH excluding ortho intramolecular Hbond substituents is 1. The highest BCUT2D eigenvalue weighted by Gasteiger charge is 2.25. The molecule has 1 amide bonds. The van der Waals surface area contributed by atoms with Crippen molar-refractivity contribution in [1.29, 1.82) is 0 Å². The molecule has 0 saturated carbocycles. The Labute approximate surface area is 127 Å². The number of para-hydroxylation sites is 1. The van der Waals surface area contributed by atoms with Gasteiger partial charge in [0.1, 0.15) is 5.75 Å². The van der Waals surface area contributed by atoms with Crippen molar-refractivity contribution in [3.63, 3.8) is 0 Å². The Balaban J connectivity index is 2.17. The lowest BCUT2D eigenvalue weighted by molar-refractivity contribution is 0.0655. The maximum atomic E-state index is 12.8. The molecule has 116 valence electrons. The van der Waals surface area contributed by atoms with Gasteiger partial charge in [-0.05, 0) is 64.3 Å². The average Bonchev–Trinajstić information content (AvgIpc) is 2.48. The second-order valence-corrected chi connectivity index (χ2v) is 6.22. The third kappa shape index (κ3) is 3.76. The van der Waals surface area contributed by atoms with Crippen LogP contribution in [0.1, 0.15) is 42.6 Å². The second-order valence-electron chi connectivity index (χ2n) is 6.22. The fourth-order valence-electron chi connectivity index (χ4n) is 2.86. The van der Waals surface area contributed by atoms with E-state index in [1.54, 1.807) is 6.07 Å². The molecule has 0 radical (unpaired) electrons. The van der Waals surface area contributed by atoms with Gasteiger partial charge in [-0.1, -0.05) is 12.1 Å². The topological polar surface area (TPSA) is 52.6 Å². The summed E-state index contributed by atoms with van der Waals surface area (Å²) in [7, 11) is 0. The predicted octanol–water partition coefficient (Wildman–Crippen LogP) is 2.55. The van der Waals surface area contributed by atoms with Crippen molar-refractivity contribution in [2.45, 2.75) is 39.7 Å². The SMILES string of the molecule is Cc1cccc(C(=O)N(CC2CCNCC2)C(C)C)c1O. The zero-order valence-corrected chi connectivity index (χ0v) is 13.2. The van der Waals surface area contributed by atoms with Gasteiger partial charge in [0.15, 0.2) is 0 Å². The fourth-order valence-corrected chi connectivity index (χ4v) is 2.86. The van der Waals surface area contributed by atoms with Crippen LogP contribution in [0.5, 0.6) is 5.75 Å². The normalized spacial score (nSPS) is 16.2. The Bertz CT molecular complexity index is 494. The smallest absolute Gasteiger partial charge is 0.257 e. The largest absolute Gasteiger partial charge is 0.507 e. The van der Waals surface area contributed by atoms with Gasteiger partial charge in [0, 0.05) is 12.6 Å². The van der Waals surface area contributed by atoms with Crippen LogP contribution in [0.3, 0.4) is 0 Å². The number of nitrogens with zero attached hydrogens (tertiary/aromatic N) is 1. The lowest BCUT2D eigenvalue weighted by atomic mass is 9.96. The number of carbonyl (C=O) groups excluding carboxylic acids is 1. The van der Waals surface area contributed by atoms with Crippen LogP contribution in [0.25, 0.3) is 0 Å². The van der Waals surface area contributed by atoms with Gasteiger partial charge in [0.05, 0.1) is 5.56 Å². The Hall–Kier alpha value is -1.55. The number of hydrogen-bond donors (Lipinski definition) is 2. The van der Waals surface area contributed by atoms with Gasteiger partial charge in [0.25, 0.3) is 5.91 Å². The Morgan fingerprint density at radius 2 is 2.05 bits per heavy atom. The molecule has 1 aromatic carbocycles. The highest BCUT2D eigenvalue weighted by molar-refractivity contribution is 5.97. The van der Waals surface area contributed by atoms with E-state index in [1.807, 2.05) is 37.8 Å². The minimum Gasteiger partial charge on any atom is -0.507 e. The minimum absolute atomic E-state index is 0.0651. The number of phenols is 1. The number of rotatable bonds is 4. The van der Waals surface area contributed by atoms with Crippen molar-refractivity contribution in [2.75, 3.05) is 19.6 Å². The van der Waals surface area contributed by atoms with Gasteiger partial charge >= 0.3 is 0 Å². The maximum Gasteiger partial charge on any atom is 0.257 e. The first-order chi connectivity index (χ1) is 10.0. The van der Waals surface area contributed by atoms with Gasteiger partial charge in [-0.2, -0.15) is 0 Å². The monoisotopic (exact) mass is 290 g/mol. The summed E-state index contributed by atoms with van der Waals surface area (Å²) in [6.45, 7) is 8.71. The standard InChI is InChI=1S/C17H26N2O2/c1-12(2)19(11-14-7-9-18-10-8-14)17(21)15-6-4-5-13(3)16(15)20/h4-6,12,14,18,20H,7-11H2,1-3H3. The van der Waals surface area contributed by atoms with Crippen LogP contribution in [0.4, 0.5) is 0 Å². The number of carbonyl (C=O) groups is 1. The average molecular weight is 290 g/mol. The van der Waals surface area contributed by atoms with Crippen LogP contribution in [-0.2, 0) is 0 Å². The quantitative estimate of drug-likeness (QED) is 0.896. The molecule has 1 aliphatic rings. The summed E-state index contributed by atoms with van der Waals surface area (Å²) < 4.78 is 0.